The lowest BCUT2D eigenvalue weighted by Crippen LogP contribution is -2.10. The van der Waals surface area contributed by atoms with E-state index in [1.807, 2.05) is 32.0 Å². The Labute approximate surface area is 134 Å². The maximum atomic E-state index is 6.07. The second kappa shape index (κ2) is 6.50. The first-order valence-electron chi connectivity index (χ1n) is 7.42. The molecule has 0 spiro atoms. The quantitative estimate of drug-likeness (QED) is 0.674. The molecule has 0 aliphatic carbocycles. The number of anilines is 1. The molecule has 6 heteroatoms. The molecular formula is C16H19ClN4O. The fraction of sp³-hybridized carbons (Fsp3) is 0.375. The Morgan fingerprint density at radius 1 is 1.32 bits per heavy atom. The monoisotopic (exact) mass is 318 g/mol. The van der Waals surface area contributed by atoms with Crippen LogP contribution in [0.2, 0.25) is 5.02 Å². The fourth-order valence-corrected chi connectivity index (χ4v) is 2.57. The van der Waals surface area contributed by atoms with Gasteiger partial charge in [-0.25, -0.2) is 9.97 Å². The standard InChI is InChI=1S/C16H19ClN4O/c1-10(2)22-7-3-6-18-16-15-14(19-9-20-16)12-8-11(17)4-5-13(12)21-15/h4-5,8-10,21H,3,6-7H2,1-2H3,(H,18,19,20). The molecule has 3 rings (SSSR count). The van der Waals surface area contributed by atoms with Crippen LogP contribution in [0.15, 0.2) is 24.5 Å². The minimum Gasteiger partial charge on any atom is -0.379 e. The van der Waals surface area contributed by atoms with Gasteiger partial charge in [-0.3, -0.25) is 0 Å². The van der Waals surface area contributed by atoms with Crippen LogP contribution in [-0.2, 0) is 4.74 Å². The van der Waals surface area contributed by atoms with E-state index in [4.69, 9.17) is 16.3 Å². The van der Waals surface area contributed by atoms with Crippen LogP contribution >= 0.6 is 11.6 Å². The number of nitrogens with zero attached hydrogens (tertiary/aromatic N) is 2. The van der Waals surface area contributed by atoms with Crippen molar-refractivity contribution in [3.05, 3.63) is 29.5 Å². The molecule has 0 bridgehead atoms. The van der Waals surface area contributed by atoms with Gasteiger partial charge in [-0.05, 0) is 38.5 Å². The van der Waals surface area contributed by atoms with Crippen LogP contribution in [-0.4, -0.2) is 34.2 Å². The zero-order chi connectivity index (χ0) is 15.5. The Balaban J connectivity index is 1.80. The maximum absolute atomic E-state index is 6.07. The number of aromatic amines is 1. The summed E-state index contributed by atoms with van der Waals surface area (Å²) in [7, 11) is 0. The van der Waals surface area contributed by atoms with Crippen molar-refractivity contribution in [2.45, 2.75) is 26.4 Å². The minimum atomic E-state index is 0.268. The maximum Gasteiger partial charge on any atom is 0.153 e. The third kappa shape index (κ3) is 3.15. The van der Waals surface area contributed by atoms with Gasteiger partial charge in [-0.1, -0.05) is 11.6 Å². The molecular weight excluding hydrogens is 300 g/mol. The van der Waals surface area contributed by atoms with Crippen LogP contribution in [0.3, 0.4) is 0 Å². The van der Waals surface area contributed by atoms with Crippen LogP contribution in [0.5, 0.6) is 0 Å². The molecule has 0 saturated carbocycles. The number of nitrogens with one attached hydrogen (secondary N) is 2. The summed E-state index contributed by atoms with van der Waals surface area (Å²) in [6.45, 7) is 5.62. The molecule has 22 heavy (non-hydrogen) atoms. The van der Waals surface area contributed by atoms with Gasteiger partial charge < -0.3 is 15.0 Å². The second-order valence-electron chi connectivity index (χ2n) is 5.46. The van der Waals surface area contributed by atoms with E-state index in [2.05, 4.69) is 20.3 Å². The number of ether oxygens (including phenoxy) is 1. The zero-order valence-electron chi connectivity index (χ0n) is 12.7. The molecule has 0 aliphatic heterocycles. The highest BCUT2D eigenvalue weighted by Gasteiger charge is 2.10. The van der Waals surface area contributed by atoms with Crippen LogP contribution in [0.1, 0.15) is 20.3 Å². The van der Waals surface area contributed by atoms with Crippen molar-refractivity contribution >= 4 is 39.4 Å². The van der Waals surface area contributed by atoms with Gasteiger partial charge in [0.1, 0.15) is 17.4 Å². The van der Waals surface area contributed by atoms with Gasteiger partial charge in [-0.15, -0.1) is 0 Å². The van der Waals surface area contributed by atoms with Gasteiger partial charge in [0.2, 0.25) is 0 Å². The number of rotatable bonds is 6. The largest absolute Gasteiger partial charge is 0.379 e. The molecule has 2 heterocycles. The van der Waals surface area contributed by atoms with Gasteiger partial charge >= 0.3 is 0 Å². The van der Waals surface area contributed by atoms with Crippen molar-refractivity contribution < 1.29 is 4.74 Å². The molecule has 2 N–H and O–H groups in total. The Bertz CT molecular complexity index is 784. The Kier molecular flexibility index (Phi) is 4.45. The molecule has 1 aromatic carbocycles. The summed E-state index contributed by atoms with van der Waals surface area (Å²) >= 11 is 6.07. The first kappa shape index (κ1) is 15.1. The summed E-state index contributed by atoms with van der Waals surface area (Å²) in [6.07, 6.45) is 2.77. The number of hydrogen-bond donors (Lipinski definition) is 2. The van der Waals surface area contributed by atoms with Crippen molar-refractivity contribution in [3.63, 3.8) is 0 Å². The molecule has 116 valence electrons. The molecule has 0 saturated heterocycles. The number of benzene rings is 1. The lowest BCUT2D eigenvalue weighted by molar-refractivity contribution is 0.0787. The summed E-state index contributed by atoms with van der Waals surface area (Å²) in [5.41, 5.74) is 2.80. The van der Waals surface area contributed by atoms with Crippen molar-refractivity contribution in [2.24, 2.45) is 0 Å². The number of hydrogen-bond acceptors (Lipinski definition) is 4. The Morgan fingerprint density at radius 3 is 3.00 bits per heavy atom. The SMILES string of the molecule is CC(C)OCCCNc1ncnc2c1[nH]c1ccc(Cl)cc12. The summed E-state index contributed by atoms with van der Waals surface area (Å²) in [4.78, 5) is 12.1. The van der Waals surface area contributed by atoms with Crippen LogP contribution < -0.4 is 5.32 Å². The van der Waals surface area contributed by atoms with E-state index in [0.29, 0.717) is 5.02 Å². The van der Waals surface area contributed by atoms with Crippen molar-refractivity contribution in [1.82, 2.24) is 15.0 Å². The van der Waals surface area contributed by atoms with Gasteiger partial charge in [0.15, 0.2) is 5.82 Å². The normalized spacial score (nSPS) is 11.6. The molecule has 5 nitrogen and oxygen atoms in total. The summed E-state index contributed by atoms with van der Waals surface area (Å²) in [6, 6.07) is 5.74. The minimum absolute atomic E-state index is 0.268. The third-order valence-corrected chi connectivity index (χ3v) is 3.64. The lowest BCUT2D eigenvalue weighted by atomic mass is 10.2. The van der Waals surface area contributed by atoms with Crippen LogP contribution in [0.25, 0.3) is 21.9 Å². The number of H-pyrrole nitrogens is 1. The average molecular weight is 319 g/mol. The molecule has 0 radical (unpaired) electrons. The van der Waals surface area contributed by atoms with Gasteiger partial charge in [0.25, 0.3) is 0 Å². The van der Waals surface area contributed by atoms with E-state index in [-0.39, 0.29) is 6.10 Å². The van der Waals surface area contributed by atoms with Gasteiger partial charge in [0, 0.05) is 29.1 Å². The van der Waals surface area contributed by atoms with E-state index in [1.54, 1.807) is 6.33 Å². The summed E-state index contributed by atoms with van der Waals surface area (Å²) in [5.74, 6) is 0.807. The van der Waals surface area contributed by atoms with Gasteiger partial charge in [0.05, 0.1) is 6.10 Å². The third-order valence-electron chi connectivity index (χ3n) is 3.41. The Morgan fingerprint density at radius 2 is 2.18 bits per heavy atom. The van der Waals surface area contributed by atoms with E-state index in [1.165, 1.54) is 0 Å². The van der Waals surface area contributed by atoms with Crippen molar-refractivity contribution in [3.8, 4) is 0 Å². The summed E-state index contributed by atoms with van der Waals surface area (Å²) < 4.78 is 5.53. The predicted molar refractivity (Wildman–Crippen MR) is 90.6 cm³/mol. The highest BCUT2D eigenvalue weighted by atomic mass is 35.5. The molecule has 0 unspecified atom stereocenters. The van der Waals surface area contributed by atoms with E-state index in [9.17, 15) is 0 Å². The highest BCUT2D eigenvalue weighted by molar-refractivity contribution is 6.31. The molecule has 0 fully saturated rings. The number of aromatic nitrogens is 3. The molecule has 0 atom stereocenters. The zero-order valence-corrected chi connectivity index (χ0v) is 13.4. The summed E-state index contributed by atoms with van der Waals surface area (Å²) in [5, 5.41) is 5.05. The average Bonchev–Trinajstić information content (AvgIpc) is 2.85. The topological polar surface area (TPSA) is 62.8 Å². The Hall–Kier alpha value is -1.85. The van der Waals surface area contributed by atoms with E-state index in [0.717, 1.165) is 47.3 Å². The lowest BCUT2D eigenvalue weighted by Gasteiger charge is -2.08. The van der Waals surface area contributed by atoms with Gasteiger partial charge in [-0.2, -0.15) is 0 Å². The first-order valence-corrected chi connectivity index (χ1v) is 7.80. The molecule has 0 aliphatic rings. The molecule has 0 amide bonds. The fourth-order valence-electron chi connectivity index (χ4n) is 2.40. The first-order chi connectivity index (χ1) is 10.6. The van der Waals surface area contributed by atoms with E-state index >= 15 is 0 Å². The second-order valence-corrected chi connectivity index (χ2v) is 5.90. The smallest absolute Gasteiger partial charge is 0.153 e. The number of halogens is 1. The molecule has 3 aromatic rings. The highest BCUT2D eigenvalue weighted by Crippen LogP contribution is 2.29. The number of fused-ring (bicyclic) bond motifs is 3. The molecule has 2 aromatic heterocycles. The van der Waals surface area contributed by atoms with Crippen molar-refractivity contribution in [1.29, 1.82) is 0 Å². The van der Waals surface area contributed by atoms with Crippen LogP contribution in [0, 0.1) is 0 Å². The van der Waals surface area contributed by atoms with Crippen molar-refractivity contribution in [2.75, 3.05) is 18.5 Å². The van der Waals surface area contributed by atoms with Crippen LogP contribution in [0.4, 0.5) is 5.82 Å². The predicted octanol–water partition coefficient (Wildman–Crippen LogP) is 3.99. The van der Waals surface area contributed by atoms with E-state index < -0.39 is 0 Å².